The molecule has 4 rings (SSSR count). The molecule has 0 radical (unpaired) electrons. The third kappa shape index (κ3) is 5.05. The van der Waals surface area contributed by atoms with Crippen LogP contribution in [0.2, 0.25) is 0 Å². The number of rotatable bonds is 10. The maximum Gasteiger partial charge on any atom is 0.331 e. The van der Waals surface area contributed by atoms with Crippen molar-refractivity contribution in [1.82, 2.24) is 0 Å². The van der Waals surface area contributed by atoms with Crippen LogP contribution in [0.25, 0.3) is 6.08 Å². The third-order valence-electron chi connectivity index (χ3n) is 7.99. The van der Waals surface area contributed by atoms with E-state index in [1.165, 1.54) is 6.08 Å². The quantitative estimate of drug-likeness (QED) is 0.270. The fraction of sp³-hybridized carbons (Fsp3) is 0.679. The van der Waals surface area contributed by atoms with Gasteiger partial charge in [-0.25, -0.2) is 4.79 Å². The van der Waals surface area contributed by atoms with E-state index in [9.17, 15) is 4.79 Å². The van der Waals surface area contributed by atoms with Crippen molar-refractivity contribution in [2.24, 2.45) is 17.8 Å². The molecule has 7 atom stereocenters. The zero-order chi connectivity index (χ0) is 24.5. The fourth-order valence-electron chi connectivity index (χ4n) is 5.92. The van der Waals surface area contributed by atoms with Gasteiger partial charge in [-0.15, -0.1) is 0 Å². The van der Waals surface area contributed by atoms with Gasteiger partial charge in [0, 0.05) is 19.1 Å². The van der Waals surface area contributed by atoms with E-state index in [1.54, 1.807) is 20.3 Å². The SMILES string of the molecule is CC[C@@H]1C[C@]2(CO2)[C@@H]([C@@]2(C)O[C@@H]2CCC(C)C)[C@H](OC)[C@@H]1OC(=O)/C=C/c1ccc(OC)cc1. The van der Waals surface area contributed by atoms with E-state index in [0.717, 1.165) is 43.6 Å². The molecule has 3 aliphatic rings. The van der Waals surface area contributed by atoms with Crippen molar-refractivity contribution >= 4 is 12.0 Å². The molecule has 1 saturated carbocycles. The molecule has 1 spiro atoms. The molecular weight excluding hydrogens is 432 g/mol. The number of carbonyl (C=O) groups excluding carboxylic acids is 1. The fourth-order valence-corrected chi connectivity index (χ4v) is 5.92. The highest BCUT2D eigenvalue weighted by molar-refractivity contribution is 5.87. The van der Waals surface area contributed by atoms with Crippen molar-refractivity contribution in [2.45, 2.75) is 82.9 Å². The van der Waals surface area contributed by atoms with Gasteiger partial charge in [-0.3, -0.25) is 0 Å². The Morgan fingerprint density at radius 1 is 1.21 bits per heavy atom. The zero-order valence-corrected chi connectivity index (χ0v) is 21.4. The molecule has 1 aromatic carbocycles. The van der Waals surface area contributed by atoms with Crippen LogP contribution in [-0.2, 0) is 23.7 Å². The molecule has 188 valence electrons. The monoisotopic (exact) mass is 472 g/mol. The van der Waals surface area contributed by atoms with E-state index in [4.69, 9.17) is 23.7 Å². The molecule has 1 aromatic rings. The normalized spacial score (nSPS) is 36.7. The summed E-state index contributed by atoms with van der Waals surface area (Å²) in [7, 11) is 3.35. The maximum absolute atomic E-state index is 12.9. The van der Waals surface area contributed by atoms with Crippen LogP contribution in [0.1, 0.15) is 58.9 Å². The summed E-state index contributed by atoms with van der Waals surface area (Å²) >= 11 is 0. The van der Waals surface area contributed by atoms with Gasteiger partial charge in [0.2, 0.25) is 0 Å². The number of ether oxygens (including phenoxy) is 5. The van der Waals surface area contributed by atoms with E-state index < -0.39 is 0 Å². The van der Waals surface area contributed by atoms with Crippen molar-refractivity contribution in [3.63, 3.8) is 0 Å². The van der Waals surface area contributed by atoms with Gasteiger partial charge in [-0.2, -0.15) is 0 Å². The Labute approximate surface area is 203 Å². The molecule has 34 heavy (non-hydrogen) atoms. The highest BCUT2D eigenvalue weighted by Crippen LogP contribution is 2.61. The summed E-state index contributed by atoms with van der Waals surface area (Å²) in [5, 5.41) is 0. The van der Waals surface area contributed by atoms with E-state index in [2.05, 4.69) is 27.7 Å². The number of hydrogen-bond donors (Lipinski definition) is 0. The van der Waals surface area contributed by atoms with Gasteiger partial charge in [0.05, 0.1) is 25.7 Å². The summed E-state index contributed by atoms with van der Waals surface area (Å²) in [4.78, 5) is 12.9. The van der Waals surface area contributed by atoms with Crippen molar-refractivity contribution in [3.8, 4) is 5.75 Å². The van der Waals surface area contributed by atoms with Crippen LogP contribution in [0, 0.1) is 17.8 Å². The first-order chi connectivity index (χ1) is 16.3. The van der Waals surface area contributed by atoms with Crippen molar-refractivity contribution in [2.75, 3.05) is 20.8 Å². The first kappa shape index (κ1) is 25.2. The molecule has 2 aliphatic heterocycles. The molecule has 1 aliphatic carbocycles. The lowest BCUT2D eigenvalue weighted by Gasteiger charge is -2.46. The van der Waals surface area contributed by atoms with Crippen molar-refractivity contribution in [3.05, 3.63) is 35.9 Å². The Morgan fingerprint density at radius 2 is 1.91 bits per heavy atom. The predicted octanol–water partition coefficient (Wildman–Crippen LogP) is 5.04. The Balaban J connectivity index is 1.49. The molecule has 0 bridgehead atoms. The minimum atomic E-state index is -0.356. The van der Waals surface area contributed by atoms with E-state index >= 15 is 0 Å². The summed E-state index contributed by atoms with van der Waals surface area (Å²) in [6.07, 6.45) is 6.77. The zero-order valence-electron chi connectivity index (χ0n) is 21.4. The van der Waals surface area contributed by atoms with E-state index in [-0.39, 0.29) is 47.3 Å². The predicted molar refractivity (Wildman–Crippen MR) is 131 cm³/mol. The summed E-state index contributed by atoms with van der Waals surface area (Å²) in [6.45, 7) is 9.53. The van der Waals surface area contributed by atoms with Crippen LogP contribution in [0.15, 0.2) is 30.3 Å². The molecule has 0 aromatic heterocycles. The highest BCUT2D eigenvalue weighted by atomic mass is 16.6. The first-order valence-corrected chi connectivity index (χ1v) is 12.6. The number of benzene rings is 1. The van der Waals surface area contributed by atoms with Gasteiger partial charge in [-0.05, 0) is 62.3 Å². The molecule has 0 unspecified atom stereocenters. The van der Waals surface area contributed by atoms with Crippen LogP contribution in [0.5, 0.6) is 5.75 Å². The van der Waals surface area contributed by atoms with Crippen molar-refractivity contribution < 1.29 is 28.5 Å². The van der Waals surface area contributed by atoms with Gasteiger partial charge in [-0.1, -0.05) is 32.9 Å². The number of methoxy groups -OCH3 is 2. The summed E-state index contributed by atoms with van der Waals surface area (Å²) in [5.74, 6) is 1.28. The Morgan fingerprint density at radius 3 is 2.47 bits per heavy atom. The standard InChI is InChI=1S/C28H40O6/c1-7-20-16-28(17-32-28)26(27(4)22(34-27)14-8-18(2)3)25(31-6)24(20)33-23(29)15-11-19-9-12-21(30-5)13-10-19/h9-13,15,18,20,22,24-26H,7-8,14,16-17H2,1-6H3/b15-11+/t20-,22-,24-,25-,26-,27+,28+/m1/s1. The first-order valence-electron chi connectivity index (χ1n) is 12.6. The molecule has 2 saturated heterocycles. The van der Waals surface area contributed by atoms with Crippen molar-refractivity contribution in [1.29, 1.82) is 0 Å². The van der Waals surface area contributed by atoms with E-state index in [0.29, 0.717) is 5.92 Å². The second kappa shape index (κ2) is 10.00. The minimum absolute atomic E-state index is 0.0355. The molecule has 0 N–H and O–H groups in total. The lowest BCUT2D eigenvalue weighted by atomic mass is 9.64. The Hall–Kier alpha value is -1.89. The highest BCUT2D eigenvalue weighted by Gasteiger charge is 2.73. The molecule has 6 nitrogen and oxygen atoms in total. The second-order valence-corrected chi connectivity index (χ2v) is 10.7. The Kier molecular flexibility index (Phi) is 7.41. The topological polar surface area (TPSA) is 69.8 Å². The summed E-state index contributed by atoms with van der Waals surface area (Å²) < 4.78 is 29.8. The van der Waals surface area contributed by atoms with Gasteiger partial charge in [0.15, 0.2) is 0 Å². The average Bonchev–Trinajstić information content (AvgIpc) is 3.74. The molecule has 2 heterocycles. The summed E-state index contributed by atoms with van der Waals surface area (Å²) in [6, 6.07) is 7.55. The maximum atomic E-state index is 12.9. The second-order valence-electron chi connectivity index (χ2n) is 10.7. The smallest absolute Gasteiger partial charge is 0.331 e. The average molecular weight is 473 g/mol. The lowest BCUT2D eigenvalue weighted by Crippen LogP contribution is -2.59. The van der Waals surface area contributed by atoms with Gasteiger partial charge in [0.1, 0.15) is 29.2 Å². The molecular formula is C28H40O6. The molecule has 3 fully saturated rings. The van der Waals surface area contributed by atoms with Crippen LogP contribution < -0.4 is 4.74 Å². The van der Waals surface area contributed by atoms with Crippen LogP contribution >= 0.6 is 0 Å². The largest absolute Gasteiger partial charge is 0.497 e. The Bertz CT molecular complexity index is 873. The van der Waals surface area contributed by atoms with Gasteiger partial charge in [0.25, 0.3) is 0 Å². The van der Waals surface area contributed by atoms with Gasteiger partial charge < -0.3 is 23.7 Å². The number of hydrogen-bond acceptors (Lipinski definition) is 6. The molecule has 0 amide bonds. The molecule has 6 heteroatoms. The van der Waals surface area contributed by atoms with Crippen LogP contribution in [-0.4, -0.2) is 56.3 Å². The minimum Gasteiger partial charge on any atom is -0.497 e. The number of esters is 1. The van der Waals surface area contributed by atoms with Crippen LogP contribution in [0.3, 0.4) is 0 Å². The third-order valence-corrected chi connectivity index (χ3v) is 7.99. The van der Waals surface area contributed by atoms with Gasteiger partial charge >= 0.3 is 5.97 Å². The summed E-state index contributed by atoms with van der Waals surface area (Å²) in [5.41, 5.74) is 0.366. The number of carbonyl (C=O) groups is 1. The van der Waals surface area contributed by atoms with E-state index in [1.807, 2.05) is 24.3 Å². The lowest BCUT2D eigenvalue weighted by molar-refractivity contribution is -0.178. The van der Waals surface area contributed by atoms with Crippen LogP contribution in [0.4, 0.5) is 0 Å². The number of epoxide rings is 2.